The number of fused-ring (bicyclic) bond motifs is 1. The first kappa shape index (κ1) is 29.8. The molecule has 0 unspecified atom stereocenters. The van der Waals surface area contributed by atoms with Crippen LogP contribution in [0.25, 0.3) is 10.9 Å². The number of methoxy groups -OCH3 is 1. The number of anilines is 1. The standard InChI is InChI=1S/C33H35FN4O5/c1-3-26(22-7-5-4-6-8-22)38-33(40)32(39)37-23-9-10-29(25(34)17-23)43-28-13-16-36-27-19-31(30(41-2)18-24(27)28)42-20-21-11-14-35-15-12-21/h4-10,13,16-19,21,26,35H,3,11-12,14-15,20H2,1-2H3,(H,37,39)(H,38,40)/t26-/m1/s1. The third kappa shape index (κ3) is 7.39. The first-order valence-electron chi connectivity index (χ1n) is 14.4. The van der Waals surface area contributed by atoms with E-state index in [0.29, 0.717) is 47.1 Å². The van der Waals surface area contributed by atoms with Gasteiger partial charge >= 0.3 is 11.8 Å². The molecule has 0 saturated carbocycles. The van der Waals surface area contributed by atoms with Gasteiger partial charge in [-0.1, -0.05) is 37.3 Å². The zero-order valence-electron chi connectivity index (χ0n) is 24.2. The van der Waals surface area contributed by atoms with Crippen molar-refractivity contribution in [1.82, 2.24) is 15.6 Å². The Kier molecular flexibility index (Phi) is 9.68. The summed E-state index contributed by atoms with van der Waals surface area (Å²) in [5, 5.41) is 9.14. The van der Waals surface area contributed by atoms with Crippen molar-refractivity contribution in [3.63, 3.8) is 0 Å². The molecule has 43 heavy (non-hydrogen) atoms. The highest BCUT2D eigenvalue weighted by molar-refractivity contribution is 6.39. The Labute approximate surface area is 249 Å². The van der Waals surface area contributed by atoms with Gasteiger partial charge in [0.2, 0.25) is 0 Å². The van der Waals surface area contributed by atoms with E-state index in [1.807, 2.05) is 37.3 Å². The SMILES string of the molecule is CC[C@@H](NC(=O)C(=O)Nc1ccc(Oc2ccnc3cc(OCC4CCNCC4)c(OC)cc23)c(F)c1)c1ccccc1. The zero-order valence-corrected chi connectivity index (χ0v) is 24.2. The van der Waals surface area contributed by atoms with Crippen molar-refractivity contribution in [1.29, 1.82) is 0 Å². The molecular weight excluding hydrogens is 551 g/mol. The van der Waals surface area contributed by atoms with Crippen LogP contribution in [0.5, 0.6) is 23.0 Å². The number of aromatic nitrogens is 1. The number of halogens is 1. The number of hydrogen-bond acceptors (Lipinski definition) is 7. The van der Waals surface area contributed by atoms with Crippen LogP contribution in [0.4, 0.5) is 10.1 Å². The molecule has 0 bridgehead atoms. The van der Waals surface area contributed by atoms with Gasteiger partial charge in [-0.15, -0.1) is 0 Å². The molecule has 10 heteroatoms. The van der Waals surface area contributed by atoms with Gasteiger partial charge in [0, 0.05) is 29.4 Å². The van der Waals surface area contributed by atoms with Gasteiger partial charge in [-0.2, -0.15) is 0 Å². The lowest BCUT2D eigenvalue weighted by Crippen LogP contribution is -2.37. The summed E-state index contributed by atoms with van der Waals surface area (Å²) in [6, 6.07) is 18.2. The Hall–Kier alpha value is -4.70. The molecule has 3 aromatic carbocycles. The van der Waals surface area contributed by atoms with E-state index in [1.165, 1.54) is 12.1 Å². The van der Waals surface area contributed by atoms with Crippen LogP contribution in [0.2, 0.25) is 0 Å². The van der Waals surface area contributed by atoms with Gasteiger partial charge in [0.1, 0.15) is 5.75 Å². The van der Waals surface area contributed by atoms with Gasteiger partial charge < -0.3 is 30.2 Å². The quantitative estimate of drug-likeness (QED) is 0.203. The molecule has 224 valence electrons. The average molecular weight is 587 g/mol. The van der Waals surface area contributed by atoms with Gasteiger partial charge in [-0.25, -0.2) is 4.39 Å². The molecular formula is C33H35FN4O5. The zero-order chi connectivity index (χ0) is 30.2. The fourth-order valence-electron chi connectivity index (χ4n) is 5.04. The summed E-state index contributed by atoms with van der Waals surface area (Å²) < 4.78 is 32.7. The van der Waals surface area contributed by atoms with E-state index in [4.69, 9.17) is 14.2 Å². The third-order valence-corrected chi connectivity index (χ3v) is 7.45. The van der Waals surface area contributed by atoms with Crippen LogP contribution in [-0.2, 0) is 9.59 Å². The molecule has 4 aromatic rings. The number of piperidine rings is 1. The van der Waals surface area contributed by atoms with E-state index in [1.54, 1.807) is 31.5 Å². The Balaban J connectivity index is 1.26. The highest BCUT2D eigenvalue weighted by atomic mass is 19.1. The maximum absolute atomic E-state index is 15.1. The summed E-state index contributed by atoms with van der Waals surface area (Å²) in [6.07, 6.45) is 4.29. The van der Waals surface area contributed by atoms with E-state index in [0.717, 1.165) is 37.6 Å². The summed E-state index contributed by atoms with van der Waals surface area (Å²) in [5.74, 6) is -0.536. The normalized spacial score (nSPS) is 14.1. The number of rotatable bonds is 10. The van der Waals surface area contributed by atoms with Crippen LogP contribution >= 0.6 is 0 Å². The minimum Gasteiger partial charge on any atom is -0.493 e. The smallest absolute Gasteiger partial charge is 0.313 e. The van der Waals surface area contributed by atoms with Crippen molar-refractivity contribution in [2.45, 2.75) is 32.2 Å². The summed E-state index contributed by atoms with van der Waals surface area (Å²) in [5.41, 5.74) is 1.62. The number of carbonyl (C=O) groups excluding carboxylic acids is 2. The van der Waals surface area contributed by atoms with E-state index in [9.17, 15) is 9.59 Å². The maximum Gasteiger partial charge on any atom is 0.313 e. The van der Waals surface area contributed by atoms with Gasteiger partial charge in [0.25, 0.3) is 0 Å². The first-order valence-corrected chi connectivity index (χ1v) is 14.4. The van der Waals surface area contributed by atoms with E-state index < -0.39 is 17.6 Å². The van der Waals surface area contributed by atoms with Crippen molar-refractivity contribution >= 4 is 28.4 Å². The molecule has 0 radical (unpaired) electrons. The second-order valence-electron chi connectivity index (χ2n) is 10.4. The number of carbonyl (C=O) groups is 2. The fraction of sp³-hybridized carbons (Fsp3) is 0.303. The number of pyridine rings is 1. The monoisotopic (exact) mass is 586 g/mol. The molecule has 0 spiro atoms. The molecule has 1 aliphatic heterocycles. The van der Waals surface area contributed by atoms with Crippen molar-refractivity contribution < 1.29 is 28.2 Å². The molecule has 1 aromatic heterocycles. The molecule has 1 fully saturated rings. The van der Waals surface area contributed by atoms with Crippen molar-refractivity contribution in [2.75, 3.05) is 32.1 Å². The van der Waals surface area contributed by atoms with Crippen molar-refractivity contribution in [3.05, 3.63) is 84.3 Å². The molecule has 1 saturated heterocycles. The first-order chi connectivity index (χ1) is 20.9. The number of hydrogen-bond donors (Lipinski definition) is 3. The molecule has 5 rings (SSSR count). The average Bonchev–Trinajstić information content (AvgIpc) is 3.04. The number of amides is 2. The van der Waals surface area contributed by atoms with Crippen LogP contribution in [0, 0.1) is 11.7 Å². The van der Waals surface area contributed by atoms with Crippen LogP contribution in [0.15, 0.2) is 72.9 Å². The number of ether oxygens (including phenoxy) is 3. The molecule has 3 N–H and O–H groups in total. The fourth-order valence-corrected chi connectivity index (χ4v) is 5.04. The predicted octanol–water partition coefficient (Wildman–Crippen LogP) is 5.76. The lowest BCUT2D eigenvalue weighted by molar-refractivity contribution is -0.136. The van der Waals surface area contributed by atoms with E-state index in [2.05, 4.69) is 20.9 Å². The van der Waals surface area contributed by atoms with Gasteiger partial charge in [-0.05, 0) is 68.1 Å². The summed E-state index contributed by atoms with van der Waals surface area (Å²) in [4.78, 5) is 29.5. The maximum atomic E-state index is 15.1. The lowest BCUT2D eigenvalue weighted by atomic mass is 9.99. The van der Waals surface area contributed by atoms with Crippen LogP contribution in [0.3, 0.4) is 0 Å². The number of nitrogens with zero attached hydrogens (tertiary/aromatic N) is 1. The number of benzene rings is 3. The van der Waals surface area contributed by atoms with Gasteiger partial charge in [0.15, 0.2) is 23.1 Å². The second-order valence-corrected chi connectivity index (χ2v) is 10.4. The topological polar surface area (TPSA) is 111 Å². The Morgan fingerprint density at radius 3 is 2.49 bits per heavy atom. The van der Waals surface area contributed by atoms with Crippen molar-refractivity contribution in [2.24, 2.45) is 5.92 Å². The van der Waals surface area contributed by atoms with Crippen molar-refractivity contribution in [3.8, 4) is 23.0 Å². The van der Waals surface area contributed by atoms with Crippen LogP contribution in [0.1, 0.15) is 37.8 Å². The molecule has 2 amide bonds. The minimum absolute atomic E-state index is 0.0599. The second kappa shape index (κ2) is 14.0. The molecule has 2 heterocycles. The largest absolute Gasteiger partial charge is 0.493 e. The van der Waals surface area contributed by atoms with E-state index >= 15 is 4.39 Å². The van der Waals surface area contributed by atoms with Crippen LogP contribution < -0.4 is 30.2 Å². The Bertz CT molecular complexity index is 1580. The molecule has 1 atom stereocenters. The highest BCUT2D eigenvalue weighted by Gasteiger charge is 2.20. The third-order valence-electron chi connectivity index (χ3n) is 7.45. The Morgan fingerprint density at radius 2 is 1.77 bits per heavy atom. The molecule has 9 nitrogen and oxygen atoms in total. The minimum atomic E-state index is -0.896. The lowest BCUT2D eigenvalue weighted by Gasteiger charge is -2.23. The van der Waals surface area contributed by atoms with E-state index in [-0.39, 0.29) is 17.5 Å². The summed E-state index contributed by atoms with van der Waals surface area (Å²) in [7, 11) is 1.56. The van der Waals surface area contributed by atoms with Gasteiger partial charge in [0.05, 0.1) is 25.3 Å². The summed E-state index contributed by atoms with van der Waals surface area (Å²) in [6.45, 7) is 4.47. The van der Waals surface area contributed by atoms with Crippen LogP contribution in [-0.4, -0.2) is 43.6 Å². The highest BCUT2D eigenvalue weighted by Crippen LogP contribution is 2.38. The predicted molar refractivity (Wildman–Crippen MR) is 162 cm³/mol. The van der Waals surface area contributed by atoms with Gasteiger partial charge in [-0.3, -0.25) is 14.6 Å². The Morgan fingerprint density at radius 1 is 0.977 bits per heavy atom. The number of nitrogens with one attached hydrogen (secondary N) is 3. The summed E-state index contributed by atoms with van der Waals surface area (Å²) >= 11 is 0. The molecule has 0 aliphatic carbocycles. The molecule has 1 aliphatic rings.